The van der Waals surface area contributed by atoms with E-state index in [0.717, 1.165) is 23.3 Å². The van der Waals surface area contributed by atoms with Gasteiger partial charge in [0.1, 0.15) is 10.3 Å². The Balaban J connectivity index is 2.51. The number of Topliss-reactive ketones (excluding diaryl/α,β-unsaturated/α-hetero) is 1. The van der Waals surface area contributed by atoms with Gasteiger partial charge in [0, 0.05) is 18.0 Å². The molecule has 13 heavy (non-hydrogen) atoms. The number of aryl methyl sites for hydroxylation is 1. The van der Waals surface area contributed by atoms with E-state index in [9.17, 15) is 4.79 Å². The van der Waals surface area contributed by atoms with Crippen LogP contribution in [0, 0.1) is 5.41 Å². The standard InChI is InChI=1S/C9H11BrN2O/c1-9(2)3-4-12-6(8(9)13)5-7(10)11-12/h5H,3-4H2,1-2H3. The fourth-order valence-corrected chi connectivity index (χ4v) is 1.99. The smallest absolute Gasteiger partial charge is 0.186 e. The Labute approximate surface area is 85.3 Å². The van der Waals surface area contributed by atoms with Crippen LogP contribution in [0.5, 0.6) is 0 Å². The highest BCUT2D eigenvalue weighted by Crippen LogP contribution is 2.31. The number of hydrogen-bond donors (Lipinski definition) is 0. The number of halogens is 1. The molecule has 0 spiro atoms. The number of carbonyl (C=O) groups excluding carboxylic acids is 1. The molecule has 0 N–H and O–H groups in total. The summed E-state index contributed by atoms with van der Waals surface area (Å²) in [5, 5.41) is 4.18. The minimum absolute atomic E-state index is 0.192. The monoisotopic (exact) mass is 242 g/mol. The molecule has 0 atom stereocenters. The van der Waals surface area contributed by atoms with Crippen LogP contribution in [0.25, 0.3) is 0 Å². The van der Waals surface area contributed by atoms with Crippen molar-refractivity contribution in [2.45, 2.75) is 26.8 Å². The molecule has 1 aliphatic heterocycles. The quantitative estimate of drug-likeness (QED) is 0.700. The lowest BCUT2D eigenvalue weighted by molar-refractivity contribution is 0.0772. The van der Waals surface area contributed by atoms with Gasteiger partial charge in [-0.2, -0.15) is 5.10 Å². The molecule has 1 aromatic rings. The first-order chi connectivity index (χ1) is 6.00. The van der Waals surface area contributed by atoms with E-state index in [1.807, 2.05) is 13.8 Å². The summed E-state index contributed by atoms with van der Waals surface area (Å²) in [5.41, 5.74) is 0.498. The van der Waals surface area contributed by atoms with Crippen molar-refractivity contribution in [3.8, 4) is 0 Å². The summed E-state index contributed by atoms with van der Waals surface area (Å²) in [6.07, 6.45) is 0.868. The number of hydrogen-bond acceptors (Lipinski definition) is 2. The Kier molecular flexibility index (Phi) is 1.84. The fourth-order valence-electron chi connectivity index (χ4n) is 1.58. The van der Waals surface area contributed by atoms with Crippen molar-refractivity contribution in [3.63, 3.8) is 0 Å². The maximum Gasteiger partial charge on any atom is 0.186 e. The molecule has 0 aliphatic carbocycles. The number of nitrogens with zero attached hydrogens (tertiary/aromatic N) is 2. The second kappa shape index (κ2) is 2.67. The molecule has 0 radical (unpaired) electrons. The zero-order valence-corrected chi connectivity index (χ0v) is 9.26. The molecule has 0 saturated carbocycles. The van der Waals surface area contributed by atoms with Crippen LogP contribution in [-0.4, -0.2) is 15.6 Å². The topological polar surface area (TPSA) is 34.9 Å². The normalized spacial score (nSPS) is 20.1. The number of fused-ring (bicyclic) bond motifs is 1. The largest absolute Gasteiger partial charge is 0.292 e. The van der Waals surface area contributed by atoms with E-state index in [-0.39, 0.29) is 11.2 Å². The Morgan fingerprint density at radius 1 is 1.62 bits per heavy atom. The van der Waals surface area contributed by atoms with Crippen LogP contribution in [0.15, 0.2) is 10.7 Å². The second-order valence-electron chi connectivity index (χ2n) is 4.04. The Morgan fingerprint density at radius 2 is 2.31 bits per heavy atom. The number of rotatable bonds is 0. The fraction of sp³-hybridized carbons (Fsp3) is 0.556. The first-order valence-electron chi connectivity index (χ1n) is 4.29. The third-order valence-corrected chi connectivity index (χ3v) is 2.93. The van der Waals surface area contributed by atoms with Crippen LogP contribution < -0.4 is 0 Å². The van der Waals surface area contributed by atoms with E-state index in [1.54, 1.807) is 10.7 Å². The van der Waals surface area contributed by atoms with Gasteiger partial charge in [-0.05, 0) is 22.4 Å². The van der Waals surface area contributed by atoms with E-state index < -0.39 is 0 Å². The van der Waals surface area contributed by atoms with Gasteiger partial charge in [-0.25, -0.2) is 0 Å². The number of ketones is 1. The van der Waals surface area contributed by atoms with Crippen LogP contribution in [0.4, 0.5) is 0 Å². The Bertz CT molecular complexity index is 368. The SMILES string of the molecule is CC1(C)CCn2nc(Br)cc2C1=O. The molecule has 0 fully saturated rings. The third kappa shape index (κ3) is 1.33. The average molecular weight is 243 g/mol. The van der Waals surface area contributed by atoms with Crippen LogP contribution in [-0.2, 0) is 6.54 Å². The van der Waals surface area contributed by atoms with Gasteiger partial charge >= 0.3 is 0 Å². The number of aromatic nitrogens is 2. The lowest BCUT2D eigenvalue weighted by atomic mass is 9.81. The predicted molar refractivity (Wildman–Crippen MR) is 52.7 cm³/mol. The van der Waals surface area contributed by atoms with Gasteiger partial charge in [0.25, 0.3) is 0 Å². The van der Waals surface area contributed by atoms with Crippen LogP contribution in [0.3, 0.4) is 0 Å². The minimum atomic E-state index is -0.227. The summed E-state index contributed by atoms with van der Waals surface area (Å²) in [6, 6.07) is 1.79. The van der Waals surface area contributed by atoms with E-state index in [0.29, 0.717) is 0 Å². The summed E-state index contributed by atoms with van der Waals surface area (Å²) in [6.45, 7) is 4.80. The molecule has 0 unspecified atom stereocenters. The Hall–Kier alpha value is -0.640. The molecule has 0 amide bonds. The van der Waals surface area contributed by atoms with Crippen molar-refractivity contribution in [3.05, 3.63) is 16.4 Å². The summed E-state index contributed by atoms with van der Waals surface area (Å²) < 4.78 is 2.52. The van der Waals surface area contributed by atoms with Gasteiger partial charge in [0.05, 0.1) is 0 Å². The lowest BCUT2D eigenvalue weighted by Crippen LogP contribution is -2.33. The molecule has 0 saturated heterocycles. The molecule has 0 bridgehead atoms. The Morgan fingerprint density at radius 3 is 3.00 bits per heavy atom. The van der Waals surface area contributed by atoms with Crippen LogP contribution in [0.1, 0.15) is 30.8 Å². The summed E-state index contributed by atoms with van der Waals surface area (Å²) in [5.74, 6) is 0.192. The second-order valence-corrected chi connectivity index (χ2v) is 4.85. The third-order valence-electron chi connectivity index (χ3n) is 2.55. The molecule has 0 aromatic carbocycles. The molecular weight excluding hydrogens is 232 g/mol. The van der Waals surface area contributed by atoms with Crippen molar-refractivity contribution >= 4 is 21.7 Å². The lowest BCUT2D eigenvalue weighted by Gasteiger charge is -2.27. The van der Waals surface area contributed by atoms with E-state index >= 15 is 0 Å². The van der Waals surface area contributed by atoms with Gasteiger partial charge in [-0.1, -0.05) is 13.8 Å². The highest BCUT2D eigenvalue weighted by Gasteiger charge is 2.35. The molecule has 1 aromatic heterocycles. The first-order valence-corrected chi connectivity index (χ1v) is 5.08. The van der Waals surface area contributed by atoms with Gasteiger partial charge < -0.3 is 0 Å². The van der Waals surface area contributed by atoms with Gasteiger partial charge in [-0.15, -0.1) is 0 Å². The van der Waals surface area contributed by atoms with Crippen molar-refractivity contribution < 1.29 is 4.79 Å². The maximum atomic E-state index is 11.9. The summed E-state index contributed by atoms with van der Waals surface area (Å²) in [4.78, 5) is 11.9. The van der Waals surface area contributed by atoms with Crippen molar-refractivity contribution in [2.24, 2.45) is 5.41 Å². The van der Waals surface area contributed by atoms with Crippen LogP contribution >= 0.6 is 15.9 Å². The van der Waals surface area contributed by atoms with Gasteiger partial charge in [0.2, 0.25) is 0 Å². The van der Waals surface area contributed by atoms with Crippen molar-refractivity contribution in [1.29, 1.82) is 0 Å². The molecule has 70 valence electrons. The zero-order chi connectivity index (χ0) is 9.64. The van der Waals surface area contributed by atoms with Gasteiger partial charge in [0.15, 0.2) is 5.78 Å². The highest BCUT2D eigenvalue weighted by atomic mass is 79.9. The van der Waals surface area contributed by atoms with E-state index in [2.05, 4.69) is 21.0 Å². The zero-order valence-electron chi connectivity index (χ0n) is 7.67. The highest BCUT2D eigenvalue weighted by molar-refractivity contribution is 9.10. The number of carbonyl (C=O) groups is 1. The van der Waals surface area contributed by atoms with E-state index in [4.69, 9.17) is 0 Å². The molecular formula is C9H11BrN2O. The van der Waals surface area contributed by atoms with Crippen molar-refractivity contribution in [1.82, 2.24) is 9.78 Å². The van der Waals surface area contributed by atoms with Crippen molar-refractivity contribution in [2.75, 3.05) is 0 Å². The first kappa shape index (κ1) is 8.94. The summed E-state index contributed by atoms with van der Waals surface area (Å²) in [7, 11) is 0. The maximum absolute atomic E-state index is 11.9. The van der Waals surface area contributed by atoms with Gasteiger partial charge in [-0.3, -0.25) is 9.48 Å². The molecule has 2 heterocycles. The summed E-state index contributed by atoms with van der Waals surface area (Å²) >= 11 is 3.27. The predicted octanol–water partition coefficient (Wildman–Crippen LogP) is 2.26. The molecule has 2 rings (SSSR count). The minimum Gasteiger partial charge on any atom is -0.292 e. The average Bonchev–Trinajstić information content (AvgIpc) is 2.40. The van der Waals surface area contributed by atoms with E-state index in [1.165, 1.54) is 0 Å². The van der Waals surface area contributed by atoms with Crippen LogP contribution in [0.2, 0.25) is 0 Å². The molecule has 4 heteroatoms. The molecule has 3 nitrogen and oxygen atoms in total. The molecule has 1 aliphatic rings.